The van der Waals surface area contributed by atoms with E-state index in [0.29, 0.717) is 0 Å². The molecule has 0 N–H and O–H groups in total. The molecule has 8 aromatic carbocycles. The molecule has 0 fully saturated rings. The van der Waals surface area contributed by atoms with E-state index in [2.05, 4.69) is 243 Å². The summed E-state index contributed by atoms with van der Waals surface area (Å²) in [5.74, 6) is 0. The maximum atomic E-state index is 2.70. The van der Waals surface area contributed by atoms with Crippen molar-refractivity contribution in [2.45, 2.75) is 49.5 Å². The Morgan fingerprint density at radius 1 is 0.477 bits per heavy atom. The molecule has 10 aromatic rings. The molecule has 3 heteroatoms. The first-order valence-electron chi connectivity index (χ1n) is 23.0. The van der Waals surface area contributed by atoms with Crippen molar-refractivity contribution in [2.75, 3.05) is 4.90 Å². The molecule has 310 valence electrons. The van der Waals surface area contributed by atoms with Crippen LogP contribution in [-0.2, 0) is 16.2 Å². The lowest BCUT2D eigenvalue weighted by molar-refractivity contribution is 0.427. The Hall–Kier alpha value is -7.20. The number of hydrogen-bond donors (Lipinski definition) is 0. The van der Waals surface area contributed by atoms with E-state index < -0.39 is 21.8 Å². The van der Waals surface area contributed by atoms with Gasteiger partial charge in [0.25, 0.3) is 0 Å². The topological polar surface area (TPSA) is 8.17 Å². The average molecular weight is 851 g/mol. The fraction of sp³-hybridized carbons (Fsp3) is 0.129. The number of rotatable bonds is 4. The van der Waals surface area contributed by atoms with Gasteiger partial charge in [-0.2, -0.15) is 0 Å². The fourth-order valence-corrected chi connectivity index (χ4v) is 14.5. The molecular weight excluding hydrogens is 805 g/mol. The monoisotopic (exact) mass is 850 g/mol. The SMILES string of the molecule is CC1(c2ccccc2)C=CC2(C)C3=C1C1(C)C(=CC3(C)c3ccccc3N2c2ccc(-c3ccccc3)cc2)n2c3ccccc3c3cc(-c4cccc5c4sc4ccccc45)cc1c32. The first-order chi connectivity index (χ1) is 31.7. The smallest absolute Gasteiger partial charge is 0.0833 e. The van der Waals surface area contributed by atoms with Crippen LogP contribution in [0.5, 0.6) is 0 Å². The van der Waals surface area contributed by atoms with E-state index in [4.69, 9.17) is 0 Å². The van der Waals surface area contributed by atoms with Gasteiger partial charge < -0.3 is 9.47 Å². The summed E-state index contributed by atoms with van der Waals surface area (Å²) in [6.45, 7) is 10.1. The van der Waals surface area contributed by atoms with Crippen LogP contribution in [-0.4, -0.2) is 10.1 Å². The number of hydrogen-bond acceptors (Lipinski definition) is 2. The van der Waals surface area contributed by atoms with Gasteiger partial charge in [0.1, 0.15) is 0 Å². The zero-order chi connectivity index (χ0) is 43.5. The lowest BCUT2D eigenvalue weighted by atomic mass is 9.47. The van der Waals surface area contributed by atoms with E-state index in [0.717, 1.165) is 0 Å². The Kier molecular flexibility index (Phi) is 7.29. The van der Waals surface area contributed by atoms with Gasteiger partial charge in [0, 0.05) is 58.8 Å². The summed E-state index contributed by atoms with van der Waals surface area (Å²) in [5.41, 5.74) is 16.5. The number of para-hydroxylation sites is 2. The van der Waals surface area contributed by atoms with Crippen molar-refractivity contribution in [2.24, 2.45) is 0 Å². The Morgan fingerprint density at radius 2 is 1.15 bits per heavy atom. The highest BCUT2D eigenvalue weighted by atomic mass is 32.1. The molecule has 65 heavy (non-hydrogen) atoms. The summed E-state index contributed by atoms with van der Waals surface area (Å²) >= 11 is 1.92. The largest absolute Gasteiger partial charge is 0.328 e. The second-order valence-electron chi connectivity index (χ2n) is 19.5. The van der Waals surface area contributed by atoms with Gasteiger partial charge >= 0.3 is 0 Å². The van der Waals surface area contributed by atoms with Gasteiger partial charge in [-0.3, -0.25) is 0 Å². The fourth-order valence-electron chi connectivity index (χ4n) is 13.2. The molecule has 0 spiro atoms. The zero-order valence-corrected chi connectivity index (χ0v) is 37.7. The summed E-state index contributed by atoms with van der Waals surface area (Å²) in [5, 5.41) is 5.28. The van der Waals surface area contributed by atoms with Crippen molar-refractivity contribution in [3.8, 4) is 22.3 Å². The minimum atomic E-state index is -0.509. The molecule has 2 aliphatic heterocycles. The molecule has 0 bridgehead atoms. The molecule has 2 aromatic heterocycles. The van der Waals surface area contributed by atoms with E-state index >= 15 is 0 Å². The number of aromatic nitrogens is 1. The van der Waals surface area contributed by atoms with E-state index in [1.54, 1.807) is 0 Å². The van der Waals surface area contributed by atoms with E-state index in [-0.39, 0.29) is 0 Å². The van der Waals surface area contributed by atoms with Gasteiger partial charge in [0.2, 0.25) is 0 Å². The van der Waals surface area contributed by atoms with Crippen molar-refractivity contribution in [1.29, 1.82) is 0 Å². The van der Waals surface area contributed by atoms with E-state index in [1.165, 1.54) is 109 Å². The third-order valence-corrected chi connectivity index (χ3v) is 17.2. The van der Waals surface area contributed by atoms with Gasteiger partial charge in [-0.15, -0.1) is 11.3 Å². The summed E-state index contributed by atoms with van der Waals surface area (Å²) in [7, 11) is 0. The molecule has 0 amide bonds. The van der Waals surface area contributed by atoms with Gasteiger partial charge in [-0.05, 0) is 126 Å². The van der Waals surface area contributed by atoms with E-state index in [9.17, 15) is 0 Å². The second-order valence-corrected chi connectivity index (χ2v) is 20.5. The van der Waals surface area contributed by atoms with Crippen LogP contribution in [0, 0.1) is 0 Å². The molecule has 4 heterocycles. The molecule has 0 saturated heterocycles. The van der Waals surface area contributed by atoms with Crippen LogP contribution in [0.4, 0.5) is 11.4 Å². The van der Waals surface area contributed by atoms with Crippen LogP contribution < -0.4 is 4.90 Å². The van der Waals surface area contributed by atoms with Crippen LogP contribution in [0.15, 0.2) is 217 Å². The number of benzene rings is 8. The molecule has 14 rings (SSSR count). The number of anilines is 2. The molecule has 4 atom stereocenters. The Labute approximate surface area is 383 Å². The van der Waals surface area contributed by atoms with Crippen LogP contribution in [0.2, 0.25) is 0 Å². The highest BCUT2D eigenvalue weighted by molar-refractivity contribution is 7.26. The maximum absolute atomic E-state index is 2.70. The van der Waals surface area contributed by atoms with Crippen molar-refractivity contribution in [1.82, 2.24) is 4.57 Å². The van der Waals surface area contributed by atoms with Crippen LogP contribution in [0.3, 0.4) is 0 Å². The Morgan fingerprint density at radius 3 is 1.97 bits per heavy atom. The van der Waals surface area contributed by atoms with Crippen LogP contribution in [0.25, 0.3) is 69.9 Å². The number of allylic oxidation sites excluding steroid dienone is 4. The van der Waals surface area contributed by atoms with Gasteiger partial charge in [0.15, 0.2) is 0 Å². The van der Waals surface area contributed by atoms with Crippen molar-refractivity contribution >= 4 is 70.4 Å². The second kappa shape index (κ2) is 12.7. The predicted molar refractivity (Wildman–Crippen MR) is 276 cm³/mol. The lowest BCUT2D eigenvalue weighted by Crippen LogP contribution is -2.60. The Balaban J connectivity index is 1.10. The minimum absolute atomic E-state index is 0.436. The molecule has 0 saturated carbocycles. The first kappa shape index (κ1) is 37.2. The molecular formula is C62H46N2S. The maximum Gasteiger partial charge on any atom is 0.0833 e. The van der Waals surface area contributed by atoms with Gasteiger partial charge in [-0.25, -0.2) is 0 Å². The lowest BCUT2D eigenvalue weighted by Gasteiger charge is -2.62. The van der Waals surface area contributed by atoms with Gasteiger partial charge in [-0.1, -0.05) is 158 Å². The third kappa shape index (κ3) is 4.64. The Bertz CT molecular complexity index is 3770. The van der Waals surface area contributed by atoms with Crippen LogP contribution in [0.1, 0.15) is 44.4 Å². The van der Waals surface area contributed by atoms with Crippen molar-refractivity contribution in [3.63, 3.8) is 0 Å². The molecule has 2 aliphatic carbocycles. The number of nitrogens with zero attached hydrogens (tertiary/aromatic N) is 2. The number of thiophene rings is 1. The van der Waals surface area contributed by atoms with Gasteiger partial charge in [0.05, 0.1) is 22.0 Å². The van der Waals surface area contributed by atoms with Crippen molar-refractivity contribution < 1.29 is 0 Å². The summed E-state index contributed by atoms with van der Waals surface area (Å²) in [6.07, 6.45) is 7.82. The third-order valence-electron chi connectivity index (χ3n) is 16.0. The predicted octanol–water partition coefficient (Wildman–Crippen LogP) is 16.3. The molecule has 4 aliphatic rings. The standard InChI is InChI=1S/C62H46N2S/c1-59(42-20-9-6-10-21-42)34-35-61(3)57-58(59)62(4)50-37-41(44-24-17-25-47-46-23-12-16-29-53(46)65-56(44)47)36-48-45-22-11-14-27-51(45)63(55(48)50)54(62)38-60(57,2)49-26-13-15-28-52(49)64(61)43-32-30-40(31-33-43)39-18-7-5-8-19-39/h5-38H,1-4H3. The summed E-state index contributed by atoms with van der Waals surface area (Å²) < 4.78 is 5.34. The molecule has 4 unspecified atom stereocenters. The highest BCUT2D eigenvalue weighted by Gasteiger charge is 2.63. The summed E-state index contributed by atoms with van der Waals surface area (Å²) in [6, 6.07) is 70.6. The normalized spacial score (nSPS) is 23.9. The minimum Gasteiger partial charge on any atom is -0.328 e. The molecule has 0 radical (unpaired) electrons. The number of fused-ring (bicyclic) bond motifs is 12. The highest BCUT2D eigenvalue weighted by Crippen LogP contribution is 2.69. The van der Waals surface area contributed by atoms with Crippen LogP contribution >= 0.6 is 11.3 Å². The van der Waals surface area contributed by atoms with E-state index in [1.807, 2.05) is 11.3 Å². The zero-order valence-electron chi connectivity index (χ0n) is 36.9. The first-order valence-corrected chi connectivity index (χ1v) is 23.8. The summed E-state index contributed by atoms with van der Waals surface area (Å²) in [4.78, 5) is 2.65. The average Bonchev–Trinajstić information content (AvgIpc) is 3.98. The van der Waals surface area contributed by atoms with Crippen molar-refractivity contribution in [3.05, 3.63) is 234 Å². The molecule has 2 nitrogen and oxygen atoms in total. The quantitative estimate of drug-likeness (QED) is 0.160.